The van der Waals surface area contributed by atoms with Gasteiger partial charge in [-0.25, -0.2) is 4.79 Å². The van der Waals surface area contributed by atoms with Crippen LogP contribution in [-0.4, -0.2) is 35.6 Å². The van der Waals surface area contributed by atoms with Crippen molar-refractivity contribution < 1.29 is 14.7 Å². The largest absolute Gasteiger partial charge is 0.480 e. The number of hydrogen-bond acceptors (Lipinski definition) is 4. The lowest BCUT2D eigenvalue weighted by Crippen LogP contribution is -2.47. The Morgan fingerprint density at radius 2 is 1.94 bits per heavy atom. The molecule has 0 aliphatic carbocycles. The maximum Gasteiger partial charge on any atom is 0.326 e. The van der Waals surface area contributed by atoms with E-state index in [0.29, 0.717) is 19.4 Å². The summed E-state index contributed by atoms with van der Waals surface area (Å²) in [5, 5.41) is 11.2. The first-order valence-electron chi connectivity index (χ1n) is 4.98. The summed E-state index contributed by atoms with van der Waals surface area (Å²) in [7, 11) is 0. The molecule has 2 atom stereocenters. The molecule has 0 aromatic rings. The van der Waals surface area contributed by atoms with E-state index in [1.807, 2.05) is 0 Å². The number of carboxylic acids is 1. The van der Waals surface area contributed by atoms with E-state index in [1.54, 1.807) is 0 Å². The second-order valence-electron chi connectivity index (χ2n) is 3.47. The molecule has 0 aliphatic rings. The normalized spacial score (nSPS) is 13.4. The molecule has 0 aliphatic heterocycles. The fourth-order valence-electron chi connectivity index (χ4n) is 1.05. The zero-order valence-electron chi connectivity index (χ0n) is 9.31. The Bertz CT molecular complexity index is 224. The zero-order chi connectivity index (χ0) is 11.8. The van der Waals surface area contributed by atoms with Crippen molar-refractivity contribution in [3.63, 3.8) is 0 Å². The second kappa shape index (κ2) is 9.38. The van der Waals surface area contributed by atoms with Crippen LogP contribution in [-0.2, 0) is 9.59 Å². The highest BCUT2D eigenvalue weighted by Gasteiger charge is 2.20. The van der Waals surface area contributed by atoms with Crippen molar-refractivity contribution >= 4 is 24.3 Å². The van der Waals surface area contributed by atoms with Crippen LogP contribution in [0, 0.1) is 0 Å². The number of aliphatic carboxylic acids is 1. The number of nitrogens with two attached hydrogens (primary N) is 2. The van der Waals surface area contributed by atoms with E-state index in [-0.39, 0.29) is 12.4 Å². The molecule has 0 aromatic carbocycles. The molecule has 0 spiro atoms. The SMILES string of the molecule is CC(N)C(=O)NC(CCCCN)C(=O)O.Cl. The average Bonchev–Trinajstić information content (AvgIpc) is 2.15. The topological polar surface area (TPSA) is 118 Å². The lowest BCUT2D eigenvalue weighted by atomic mass is 10.1. The molecule has 0 saturated carbocycles. The number of halogens is 1. The monoisotopic (exact) mass is 253 g/mol. The molecule has 0 rings (SSSR count). The predicted octanol–water partition coefficient (Wildman–Crippen LogP) is -0.546. The van der Waals surface area contributed by atoms with Gasteiger partial charge in [0.2, 0.25) is 5.91 Å². The average molecular weight is 254 g/mol. The van der Waals surface area contributed by atoms with Crippen LogP contribution in [0.4, 0.5) is 0 Å². The molecule has 7 heteroatoms. The number of amides is 1. The Morgan fingerprint density at radius 3 is 2.31 bits per heavy atom. The van der Waals surface area contributed by atoms with E-state index in [4.69, 9.17) is 16.6 Å². The molecule has 16 heavy (non-hydrogen) atoms. The second-order valence-corrected chi connectivity index (χ2v) is 3.47. The number of carbonyl (C=O) groups is 2. The van der Waals surface area contributed by atoms with Gasteiger partial charge < -0.3 is 21.9 Å². The van der Waals surface area contributed by atoms with E-state index in [0.717, 1.165) is 6.42 Å². The summed E-state index contributed by atoms with van der Waals surface area (Å²) < 4.78 is 0. The van der Waals surface area contributed by atoms with E-state index in [9.17, 15) is 9.59 Å². The molecule has 0 bridgehead atoms. The number of nitrogens with one attached hydrogen (secondary N) is 1. The highest BCUT2D eigenvalue weighted by Crippen LogP contribution is 2.00. The van der Waals surface area contributed by atoms with Crippen molar-refractivity contribution in [3.05, 3.63) is 0 Å². The molecule has 0 fully saturated rings. The van der Waals surface area contributed by atoms with Gasteiger partial charge in [-0.3, -0.25) is 4.79 Å². The third kappa shape index (κ3) is 7.44. The third-order valence-electron chi connectivity index (χ3n) is 1.98. The van der Waals surface area contributed by atoms with Crippen LogP contribution in [0.3, 0.4) is 0 Å². The molecule has 0 aromatic heterocycles. The molecule has 2 unspecified atom stereocenters. The summed E-state index contributed by atoms with van der Waals surface area (Å²) >= 11 is 0. The van der Waals surface area contributed by atoms with Crippen molar-refractivity contribution in [2.75, 3.05) is 6.54 Å². The molecular formula is C9H20ClN3O3. The van der Waals surface area contributed by atoms with Crippen LogP contribution in [0.1, 0.15) is 26.2 Å². The van der Waals surface area contributed by atoms with Gasteiger partial charge in [-0.1, -0.05) is 0 Å². The van der Waals surface area contributed by atoms with E-state index < -0.39 is 24.0 Å². The summed E-state index contributed by atoms with van der Waals surface area (Å²) in [5.41, 5.74) is 10.6. The lowest BCUT2D eigenvalue weighted by molar-refractivity contribution is -0.142. The zero-order valence-corrected chi connectivity index (χ0v) is 10.1. The van der Waals surface area contributed by atoms with Gasteiger partial charge in [-0.2, -0.15) is 0 Å². The van der Waals surface area contributed by atoms with Gasteiger partial charge in [-0.05, 0) is 32.7 Å². The van der Waals surface area contributed by atoms with Crippen molar-refractivity contribution in [1.29, 1.82) is 0 Å². The van der Waals surface area contributed by atoms with Gasteiger partial charge in [0.15, 0.2) is 0 Å². The maximum absolute atomic E-state index is 11.2. The number of carboxylic acid groups (broad SMARTS) is 1. The van der Waals surface area contributed by atoms with Crippen LogP contribution in [0.15, 0.2) is 0 Å². The standard InChI is InChI=1S/C9H19N3O3.ClH/c1-6(11)8(13)12-7(9(14)15)4-2-3-5-10;/h6-7H,2-5,10-11H2,1H3,(H,12,13)(H,14,15);1H. The van der Waals surface area contributed by atoms with Crippen LogP contribution < -0.4 is 16.8 Å². The van der Waals surface area contributed by atoms with Gasteiger partial charge in [0.25, 0.3) is 0 Å². The minimum atomic E-state index is -1.04. The van der Waals surface area contributed by atoms with Gasteiger partial charge in [-0.15, -0.1) is 12.4 Å². The highest BCUT2D eigenvalue weighted by atomic mass is 35.5. The first-order valence-corrected chi connectivity index (χ1v) is 4.98. The van der Waals surface area contributed by atoms with Crippen molar-refractivity contribution in [2.45, 2.75) is 38.3 Å². The molecule has 6 nitrogen and oxygen atoms in total. The van der Waals surface area contributed by atoms with E-state index in [2.05, 4.69) is 5.32 Å². The van der Waals surface area contributed by atoms with Gasteiger partial charge in [0.05, 0.1) is 6.04 Å². The molecule has 0 radical (unpaired) electrons. The third-order valence-corrected chi connectivity index (χ3v) is 1.98. The van der Waals surface area contributed by atoms with E-state index in [1.165, 1.54) is 6.92 Å². The Hall–Kier alpha value is -0.850. The summed E-state index contributed by atoms with van der Waals surface area (Å²) in [4.78, 5) is 21.9. The summed E-state index contributed by atoms with van der Waals surface area (Å²) in [6, 6.07) is -1.56. The Balaban J connectivity index is 0. The molecule has 6 N–H and O–H groups in total. The van der Waals surface area contributed by atoms with Crippen LogP contribution in [0.2, 0.25) is 0 Å². The first-order chi connectivity index (χ1) is 6.99. The van der Waals surface area contributed by atoms with Gasteiger partial charge in [0, 0.05) is 0 Å². The first kappa shape index (κ1) is 17.5. The number of hydrogen-bond donors (Lipinski definition) is 4. The van der Waals surface area contributed by atoms with Crippen LogP contribution in [0.25, 0.3) is 0 Å². The van der Waals surface area contributed by atoms with E-state index >= 15 is 0 Å². The van der Waals surface area contributed by atoms with Gasteiger partial charge in [0.1, 0.15) is 6.04 Å². The van der Waals surface area contributed by atoms with Crippen LogP contribution in [0.5, 0.6) is 0 Å². The minimum absolute atomic E-state index is 0. The smallest absolute Gasteiger partial charge is 0.326 e. The van der Waals surface area contributed by atoms with Crippen molar-refractivity contribution in [2.24, 2.45) is 11.5 Å². The number of unbranched alkanes of at least 4 members (excludes halogenated alkanes) is 1. The maximum atomic E-state index is 11.2. The molecule has 0 saturated heterocycles. The minimum Gasteiger partial charge on any atom is -0.480 e. The summed E-state index contributed by atoms with van der Waals surface area (Å²) in [6.07, 6.45) is 1.80. The Kier molecular flexibility index (Phi) is 10.3. The Labute approximate surface area is 101 Å². The summed E-state index contributed by atoms with van der Waals surface area (Å²) in [6.45, 7) is 2.03. The van der Waals surface area contributed by atoms with Crippen molar-refractivity contribution in [1.82, 2.24) is 5.32 Å². The predicted molar refractivity (Wildman–Crippen MR) is 63.4 cm³/mol. The van der Waals surface area contributed by atoms with Gasteiger partial charge >= 0.3 is 5.97 Å². The lowest BCUT2D eigenvalue weighted by Gasteiger charge is -2.15. The fraction of sp³-hybridized carbons (Fsp3) is 0.778. The highest BCUT2D eigenvalue weighted by molar-refractivity contribution is 5.86. The van der Waals surface area contributed by atoms with Crippen LogP contribution >= 0.6 is 12.4 Å². The molecular weight excluding hydrogens is 234 g/mol. The summed E-state index contributed by atoms with van der Waals surface area (Å²) in [5.74, 6) is -1.49. The van der Waals surface area contributed by atoms with Crippen molar-refractivity contribution in [3.8, 4) is 0 Å². The molecule has 96 valence electrons. The molecule has 1 amide bonds. The fourth-order valence-corrected chi connectivity index (χ4v) is 1.05. The quantitative estimate of drug-likeness (QED) is 0.454. The molecule has 0 heterocycles. The number of carbonyl (C=O) groups excluding carboxylic acids is 1. The number of rotatable bonds is 7. The Morgan fingerprint density at radius 1 is 1.38 bits per heavy atom.